The second-order valence-electron chi connectivity index (χ2n) is 5.10. The Labute approximate surface area is 116 Å². The second kappa shape index (κ2) is 7.51. The first kappa shape index (κ1) is 16.0. The molecule has 2 N–H and O–H groups in total. The first-order valence-electron chi connectivity index (χ1n) is 7.06. The molecule has 0 bridgehead atoms. The Kier molecular flexibility index (Phi) is 6.32. The van der Waals surface area contributed by atoms with Crippen LogP contribution in [0.5, 0.6) is 5.75 Å². The average Bonchev–Trinajstić information content (AvgIpc) is 2.45. The molecule has 3 unspecified atom stereocenters. The van der Waals surface area contributed by atoms with E-state index in [4.69, 9.17) is 4.74 Å². The molecule has 1 rings (SSSR count). The van der Waals surface area contributed by atoms with E-state index < -0.39 is 12.2 Å². The number of hydrogen-bond acceptors (Lipinski definition) is 3. The minimum Gasteiger partial charge on any atom is -0.497 e. The maximum absolute atomic E-state index is 9.94. The molecule has 0 spiro atoms. The number of methoxy groups -OCH3 is 1. The van der Waals surface area contributed by atoms with Crippen LogP contribution in [0.15, 0.2) is 18.2 Å². The maximum atomic E-state index is 9.94. The minimum absolute atomic E-state index is 0.219. The van der Waals surface area contributed by atoms with E-state index >= 15 is 0 Å². The van der Waals surface area contributed by atoms with E-state index in [-0.39, 0.29) is 5.92 Å². The minimum atomic E-state index is -0.660. The van der Waals surface area contributed by atoms with Crippen LogP contribution in [0.1, 0.15) is 50.7 Å². The number of ether oxygens (including phenoxy) is 1. The van der Waals surface area contributed by atoms with E-state index in [1.165, 1.54) is 11.1 Å². The summed E-state index contributed by atoms with van der Waals surface area (Å²) in [6.07, 6.45) is 0.798. The van der Waals surface area contributed by atoms with Crippen molar-refractivity contribution in [2.45, 2.75) is 58.2 Å². The lowest BCUT2D eigenvalue weighted by Crippen LogP contribution is -2.26. The molecule has 0 heterocycles. The van der Waals surface area contributed by atoms with Gasteiger partial charge in [0.2, 0.25) is 0 Å². The molecule has 19 heavy (non-hydrogen) atoms. The van der Waals surface area contributed by atoms with Gasteiger partial charge in [0.15, 0.2) is 0 Å². The number of benzene rings is 1. The molecule has 0 aliphatic rings. The molecule has 0 amide bonds. The van der Waals surface area contributed by atoms with Crippen molar-refractivity contribution in [1.82, 2.24) is 0 Å². The fourth-order valence-corrected chi connectivity index (χ4v) is 2.41. The summed E-state index contributed by atoms with van der Waals surface area (Å²) in [6, 6.07) is 6.06. The van der Waals surface area contributed by atoms with Gasteiger partial charge in [-0.05, 0) is 48.4 Å². The number of aliphatic hydroxyl groups is 2. The normalized spacial score (nSPS) is 15.9. The van der Waals surface area contributed by atoms with Crippen LogP contribution < -0.4 is 4.74 Å². The highest BCUT2D eigenvalue weighted by atomic mass is 16.5. The highest BCUT2D eigenvalue weighted by Gasteiger charge is 2.20. The van der Waals surface area contributed by atoms with Crippen molar-refractivity contribution in [3.8, 4) is 5.75 Å². The van der Waals surface area contributed by atoms with Gasteiger partial charge in [0.25, 0.3) is 0 Å². The van der Waals surface area contributed by atoms with Crippen LogP contribution in [0.25, 0.3) is 0 Å². The van der Waals surface area contributed by atoms with Crippen molar-refractivity contribution in [3.63, 3.8) is 0 Å². The largest absolute Gasteiger partial charge is 0.497 e. The third-order valence-electron chi connectivity index (χ3n) is 3.72. The standard InChI is InChI=1S/C16H26O3/c1-5-12-10-13(19-4)7-8-14(12)11(3)9-16(18)15(17)6-2/h7-8,10-11,15-18H,5-6,9H2,1-4H3. The van der Waals surface area contributed by atoms with E-state index in [0.717, 1.165) is 12.2 Å². The number of aryl methyl sites for hydroxylation is 1. The van der Waals surface area contributed by atoms with Crippen LogP contribution in [-0.2, 0) is 6.42 Å². The van der Waals surface area contributed by atoms with Gasteiger partial charge in [-0.3, -0.25) is 0 Å². The topological polar surface area (TPSA) is 49.7 Å². The molecule has 0 saturated carbocycles. The number of rotatable bonds is 7. The SMILES string of the molecule is CCc1cc(OC)ccc1C(C)CC(O)C(O)CC. The summed E-state index contributed by atoms with van der Waals surface area (Å²) in [5.41, 5.74) is 2.47. The molecule has 0 aliphatic heterocycles. The molecular formula is C16H26O3. The molecule has 108 valence electrons. The lowest BCUT2D eigenvalue weighted by atomic mass is 9.88. The van der Waals surface area contributed by atoms with Crippen molar-refractivity contribution >= 4 is 0 Å². The van der Waals surface area contributed by atoms with Gasteiger partial charge in [-0.1, -0.05) is 26.8 Å². The first-order valence-corrected chi connectivity index (χ1v) is 7.06. The Hall–Kier alpha value is -1.06. The van der Waals surface area contributed by atoms with Gasteiger partial charge in [0.1, 0.15) is 5.75 Å². The van der Waals surface area contributed by atoms with E-state index in [9.17, 15) is 10.2 Å². The van der Waals surface area contributed by atoms with Gasteiger partial charge in [-0.15, -0.1) is 0 Å². The van der Waals surface area contributed by atoms with Crippen LogP contribution in [0.4, 0.5) is 0 Å². The maximum Gasteiger partial charge on any atom is 0.119 e. The highest BCUT2D eigenvalue weighted by Crippen LogP contribution is 2.28. The monoisotopic (exact) mass is 266 g/mol. The van der Waals surface area contributed by atoms with Crippen molar-refractivity contribution < 1.29 is 14.9 Å². The predicted molar refractivity (Wildman–Crippen MR) is 77.7 cm³/mol. The van der Waals surface area contributed by atoms with Crippen LogP contribution in [0.3, 0.4) is 0 Å². The van der Waals surface area contributed by atoms with E-state index in [1.54, 1.807) is 7.11 Å². The molecule has 0 aliphatic carbocycles. The van der Waals surface area contributed by atoms with Crippen LogP contribution in [0.2, 0.25) is 0 Å². The Bertz CT molecular complexity index is 390. The molecule has 1 aromatic carbocycles. The Morgan fingerprint density at radius 1 is 1.16 bits per heavy atom. The molecule has 3 atom stereocenters. The van der Waals surface area contributed by atoms with Crippen molar-refractivity contribution in [2.75, 3.05) is 7.11 Å². The smallest absolute Gasteiger partial charge is 0.119 e. The van der Waals surface area contributed by atoms with Crippen molar-refractivity contribution in [1.29, 1.82) is 0 Å². The summed E-state index contributed by atoms with van der Waals surface area (Å²) in [5.74, 6) is 1.08. The summed E-state index contributed by atoms with van der Waals surface area (Å²) >= 11 is 0. The quantitative estimate of drug-likeness (QED) is 0.798. The zero-order valence-corrected chi connectivity index (χ0v) is 12.4. The molecule has 0 radical (unpaired) electrons. The summed E-state index contributed by atoms with van der Waals surface area (Å²) in [7, 11) is 1.67. The summed E-state index contributed by atoms with van der Waals surface area (Å²) < 4.78 is 5.24. The molecule has 3 nitrogen and oxygen atoms in total. The van der Waals surface area contributed by atoms with Gasteiger partial charge >= 0.3 is 0 Å². The summed E-state index contributed by atoms with van der Waals surface area (Å²) in [6.45, 7) is 6.08. The molecular weight excluding hydrogens is 240 g/mol. The van der Waals surface area contributed by atoms with Crippen LogP contribution in [0, 0.1) is 0 Å². The molecule has 0 saturated heterocycles. The second-order valence-corrected chi connectivity index (χ2v) is 5.10. The summed E-state index contributed by atoms with van der Waals surface area (Å²) in [4.78, 5) is 0. The van der Waals surface area contributed by atoms with Gasteiger partial charge in [-0.25, -0.2) is 0 Å². The van der Waals surface area contributed by atoms with Gasteiger partial charge < -0.3 is 14.9 Å². The lowest BCUT2D eigenvalue weighted by molar-refractivity contribution is 0.00950. The lowest BCUT2D eigenvalue weighted by Gasteiger charge is -2.22. The summed E-state index contributed by atoms with van der Waals surface area (Å²) in [5, 5.41) is 19.6. The highest BCUT2D eigenvalue weighted by molar-refractivity contribution is 5.37. The first-order chi connectivity index (χ1) is 9.03. The number of aliphatic hydroxyl groups excluding tert-OH is 2. The third-order valence-corrected chi connectivity index (χ3v) is 3.72. The Balaban J connectivity index is 2.84. The van der Waals surface area contributed by atoms with Gasteiger partial charge in [-0.2, -0.15) is 0 Å². The zero-order chi connectivity index (χ0) is 14.4. The van der Waals surface area contributed by atoms with E-state index in [2.05, 4.69) is 26.0 Å². The predicted octanol–water partition coefficient (Wildman–Crippen LogP) is 2.88. The molecule has 0 fully saturated rings. The van der Waals surface area contributed by atoms with E-state index in [0.29, 0.717) is 12.8 Å². The van der Waals surface area contributed by atoms with Gasteiger partial charge in [0.05, 0.1) is 19.3 Å². The fraction of sp³-hybridized carbons (Fsp3) is 0.625. The third kappa shape index (κ3) is 4.22. The zero-order valence-electron chi connectivity index (χ0n) is 12.4. The Morgan fingerprint density at radius 2 is 1.84 bits per heavy atom. The Morgan fingerprint density at radius 3 is 2.37 bits per heavy atom. The molecule has 0 aromatic heterocycles. The average molecular weight is 266 g/mol. The van der Waals surface area contributed by atoms with Gasteiger partial charge in [0, 0.05) is 0 Å². The number of hydrogen-bond donors (Lipinski definition) is 2. The fourth-order valence-electron chi connectivity index (χ4n) is 2.41. The van der Waals surface area contributed by atoms with E-state index in [1.807, 2.05) is 13.0 Å². The van der Waals surface area contributed by atoms with Crippen molar-refractivity contribution in [2.24, 2.45) is 0 Å². The molecule has 1 aromatic rings. The molecule has 3 heteroatoms. The van der Waals surface area contributed by atoms with Crippen LogP contribution >= 0.6 is 0 Å². The van der Waals surface area contributed by atoms with Crippen molar-refractivity contribution in [3.05, 3.63) is 29.3 Å². The van der Waals surface area contributed by atoms with Crippen LogP contribution in [-0.4, -0.2) is 29.5 Å².